The third-order valence-electron chi connectivity index (χ3n) is 2.77. The minimum Gasteiger partial charge on any atom is -0.382 e. The van der Waals surface area contributed by atoms with Gasteiger partial charge in [-0.3, -0.25) is 0 Å². The summed E-state index contributed by atoms with van der Waals surface area (Å²) in [6, 6.07) is 1.60. The summed E-state index contributed by atoms with van der Waals surface area (Å²) < 4.78 is 5.40. The van der Waals surface area contributed by atoms with Crippen LogP contribution in [0.2, 0.25) is 10.0 Å². The Kier molecular flexibility index (Phi) is 4.31. The molecule has 1 aliphatic rings. The number of hydrogen-bond donors (Lipinski definition) is 2. The van der Waals surface area contributed by atoms with Gasteiger partial charge in [0.25, 0.3) is 0 Å². The molecule has 1 aromatic rings. The number of nitrogens with zero attached hydrogens (tertiary/aromatic N) is 1. The second kappa shape index (κ2) is 5.76. The van der Waals surface area contributed by atoms with Gasteiger partial charge in [0.05, 0.1) is 16.7 Å². The maximum Gasteiger partial charge on any atom is 0.147 e. The number of rotatable bonds is 3. The molecule has 1 aromatic heterocycles. The second-order valence-corrected chi connectivity index (χ2v) is 4.96. The SMILES string of the molecule is Nc1nc(NCC2CCCOC2)c(Cl)cc1Cl. The van der Waals surface area contributed by atoms with Crippen molar-refractivity contribution in [2.45, 2.75) is 12.8 Å². The number of anilines is 2. The molecule has 2 rings (SSSR count). The van der Waals surface area contributed by atoms with E-state index in [-0.39, 0.29) is 0 Å². The van der Waals surface area contributed by atoms with Crippen molar-refractivity contribution in [3.63, 3.8) is 0 Å². The summed E-state index contributed by atoms with van der Waals surface area (Å²) in [7, 11) is 0. The molecule has 1 atom stereocenters. The molecule has 2 heterocycles. The van der Waals surface area contributed by atoms with Crippen LogP contribution >= 0.6 is 23.2 Å². The first-order valence-corrected chi connectivity index (χ1v) is 6.35. The van der Waals surface area contributed by atoms with E-state index < -0.39 is 0 Å². The summed E-state index contributed by atoms with van der Waals surface area (Å²) in [5, 5.41) is 4.05. The van der Waals surface area contributed by atoms with Gasteiger partial charge >= 0.3 is 0 Å². The van der Waals surface area contributed by atoms with E-state index in [0.29, 0.717) is 27.6 Å². The molecular weight excluding hydrogens is 261 g/mol. The highest BCUT2D eigenvalue weighted by molar-refractivity contribution is 6.37. The van der Waals surface area contributed by atoms with Crippen molar-refractivity contribution < 1.29 is 4.74 Å². The zero-order valence-corrected chi connectivity index (χ0v) is 10.9. The highest BCUT2D eigenvalue weighted by Gasteiger charge is 2.15. The summed E-state index contributed by atoms with van der Waals surface area (Å²) in [6.45, 7) is 2.44. The Bertz CT molecular complexity index is 395. The maximum atomic E-state index is 6.02. The zero-order chi connectivity index (χ0) is 12.3. The van der Waals surface area contributed by atoms with Crippen LogP contribution in [0.4, 0.5) is 11.6 Å². The van der Waals surface area contributed by atoms with Gasteiger partial charge in [-0.05, 0) is 24.8 Å². The Morgan fingerprint density at radius 3 is 3.00 bits per heavy atom. The number of aromatic nitrogens is 1. The summed E-state index contributed by atoms with van der Waals surface area (Å²) >= 11 is 11.8. The van der Waals surface area contributed by atoms with Crippen LogP contribution < -0.4 is 11.1 Å². The zero-order valence-electron chi connectivity index (χ0n) is 9.38. The van der Waals surface area contributed by atoms with Crippen LogP contribution in [-0.2, 0) is 4.74 Å². The van der Waals surface area contributed by atoms with E-state index in [1.165, 1.54) is 0 Å². The number of halogens is 2. The molecule has 1 unspecified atom stereocenters. The van der Waals surface area contributed by atoms with E-state index in [2.05, 4.69) is 10.3 Å². The molecule has 0 saturated carbocycles. The van der Waals surface area contributed by atoms with Crippen LogP contribution in [0.5, 0.6) is 0 Å². The van der Waals surface area contributed by atoms with Gasteiger partial charge in [0.1, 0.15) is 11.6 Å². The monoisotopic (exact) mass is 275 g/mol. The summed E-state index contributed by atoms with van der Waals surface area (Å²) in [4.78, 5) is 4.12. The molecule has 0 amide bonds. The summed E-state index contributed by atoms with van der Waals surface area (Å²) in [5.74, 6) is 1.37. The van der Waals surface area contributed by atoms with Crippen LogP contribution in [0.3, 0.4) is 0 Å². The molecule has 0 bridgehead atoms. The Hall–Kier alpha value is -0.710. The minimum absolute atomic E-state index is 0.290. The lowest BCUT2D eigenvalue weighted by Crippen LogP contribution is -2.24. The molecule has 1 fully saturated rings. The third kappa shape index (κ3) is 3.37. The Balaban J connectivity index is 1.96. The fourth-order valence-electron chi connectivity index (χ4n) is 1.81. The number of pyridine rings is 1. The van der Waals surface area contributed by atoms with Gasteiger partial charge in [-0.2, -0.15) is 0 Å². The van der Waals surface area contributed by atoms with Gasteiger partial charge in [0.15, 0.2) is 0 Å². The fraction of sp³-hybridized carbons (Fsp3) is 0.545. The predicted octanol–water partition coefficient (Wildman–Crippen LogP) is 2.81. The van der Waals surface area contributed by atoms with E-state index in [1.54, 1.807) is 6.07 Å². The van der Waals surface area contributed by atoms with Crippen molar-refractivity contribution >= 4 is 34.8 Å². The van der Waals surface area contributed by atoms with Crippen molar-refractivity contribution in [2.24, 2.45) is 5.92 Å². The number of nitrogen functional groups attached to an aromatic ring is 1. The first-order valence-electron chi connectivity index (χ1n) is 5.60. The van der Waals surface area contributed by atoms with Gasteiger partial charge in [-0.1, -0.05) is 23.2 Å². The van der Waals surface area contributed by atoms with Gasteiger partial charge in [0, 0.05) is 13.2 Å². The summed E-state index contributed by atoms with van der Waals surface area (Å²) in [5.41, 5.74) is 5.63. The van der Waals surface area contributed by atoms with Gasteiger partial charge in [0.2, 0.25) is 0 Å². The number of nitrogens with two attached hydrogens (primary N) is 1. The molecule has 1 saturated heterocycles. The predicted molar refractivity (Wildman–Crippen MR) is 70.7 cm³/mol. The van der Waals surface area contributed by atoms with E-state index in [9.17, 15) is 0 Å². The Morgan fingerprint density at radius 2 is 2.29 bits per heavy atom. The van der Waals surface area contributed by atoms with Crippen LogP contribution in [0.15, 0.2) is 6.07 Å². The van der Waals surface area contributed by atoms with Crippen molar-refractivity contribution in [3.8, 4) is 0 Å². The highest BCUT2D eigenvalue weighted by Crippen LogP contribution is 2.27. The van der Waals surface area contributed by atoms with Crippen molar-refractivity contribution in [3.05, 3.63) is 16.1 Å². The standard InChI is InChI=1S/C11H15Cl2N3O/c12-8-4-9(13)11(16-10(8)14)15-5-7-2-1-3-17-6-7/h4,7H,1-3,5-6H2,(H3,14,15,16). The minimum atomic E-state index is 0.290. The summed E-state index contributed by atoms with van der Waals surface area (Å²) in [6.07, 6.45) is 2.27. The first kappa shape index (κ1) is 12.7. The lowest BCUT2D eigenvalue weighted by Gasteiger charge is -2.22. The Labute approximate surface area is 110 Å². The van der Waals surface area contributed by atoms with Gasteiger partial charge in [-0.15, -0.1) is 0 Å². The lowest BCUT2D eigenvalue weighted by molar-refractivity contribution is 0.0595. The molecule has 94 valence electrons. The van der Waals surface area contributed by atoms with Crippen molar-refractivity contribution in [1.82, 2.24) is 4.98 Å². The Morgan fingerprint density at radius 1 is 1.47 bits per heavy atom. The molecule has 0 spiro atoms. The van der Waals surface area contributed by atoms with Crippen LogP contribution in [0.1, 0.15) is 12.8 Å². The van der Waals surface area contributed by atoms with E-state index >= 15 is 0 Å². The first-order chi connectivity index (χ1) is 8.16. The molecule has 0 aliphatic carbocycles. The highest BCUT2D eigenvalue weighted by atomic mass is 35.5. The van der Waals surface area contributed by atoms with Crippen LogP contribution in [0, 0.1) is 5.92 Å². The normalized spacial score (nSPS) is 20.2. The van der Waals surface area contributed by atoms with E-state index in [1.807, 2.05) is 0 Å². The topological polar surface area (TPSA) is 60.2 Å². The molecule has 0 radical (unpaired) electrons. The molecule has 6 heteroatoms. The average molecular weight is 276 g/mol. The van der Waals surface area contributed by atoms with E-state index in [4.69, 9.17) is 33.7 Å². The fourth-order valence-corrected chi connectivity index (χ4v) is 2.24. The molecular formula is C11H15Cl2N3O. The maximum absolute atomic E-state index is 6.02. The molecule has 3 N–H and O–H groups in total. The largest absolute Gasteiger partial charge is 0.382 e. The molecule has 1 aliphatic heterocycles. The molecule has 4 nitrogen and oxygen atoms in total. The molecule has 17 heavy (non-hydrogen) atoms. The van der Waals surface area contributed by atoms with Crippen molar-refractivity contribution in [1.29, 1.82) is 0 Å². The average Bonchev–Trinajstić information content (AvgIpc) is 2.33. The van der Waals surface area contributed by atoms with Crippen LogP contribution in [0.25, 0.3) is 0 Å². The third-order valence-corrected chi connectivity index (χ3v) is 3.36. The quantitative estimate of drug-likeness (QED) is 0.891. The van der Waals surface area contributed by atoms with Crippen LogP contribution in [-0.4, -0.2) is 24.7 Å². The number of nitrogens with one attached hydrogen (secondary N) is 1. The number of hydrogen-bond acceptors (Lipinski definition) is 4. The van der Waals surface area contributed by atoms with E-state index in [0.717, 1.165) is 32.6 Å². The number of ether oxygens (including phenoxy) is 1. The van der Waals surface area contributed by atoms with Gasteiger partial charge < -0.3 is 15.8 Å². The lowest BCUT2D eigenvalue weighted by atomic mass is 10.0. The smallest absolute Gasteiger partial charge is 0.147 e. The second-order valence-electron chi connectivity index (χ2n) is 4.15. The van der Waals surface area contributed by atoms with Gasteiger partial charge in [-0.25, -0.2) is 4.98 Å². The molecule has 0 aromatic carbocycles. The van der Waals surface area contributed by atoms with Crippen molar-refractivity contribution in [2.75, 3.05) is 30.8 Å².